The molecule has 0 saturated heterocycles. The highest BCUT2D eigenvalue weighted by atomic mass is 16.6. The van der Waals surface area contributed by atoms with Crippen LogP contribution in [-0.2, 0) is 0 Å². The molecule has 1 N–H and O–H groups in total. The monoisotopic (exact) mass is 411 g/mol. The van der Waals surface area contributed by atoms with Gasteiger partial charge < -0.3 is 9.55 Å². The van der Waals surface area contributed by atoms with Crippen LogP contribution >= 0.6 is 0 Å². The predicted octanol–water partition coefficient (Wildman–Crippen LogP) is 5.56. The Bertz CT molecular complexity index is 1380. The number of nitrogens with zero attached hydrogens (tertiary/aromatic N) is 4. The summed E-state index contributed by atoms with van der Waals surface area (Å²) in [4.78, 5) is 18.6. The van der Waals surface area contributed by atoms with Gasteiger partial charge in [-0.3, -0.25) is 10.1 Å². The number of fused-ring (bicyclic) bond motifs is 1. The average Bonchev–Trinajstić information content (AvgIpc) is 3.26. The Morgan fingerprint density at radius 1 is 1.16 bits per heavy atom. The minimum absolute atomic E-state index is 0.0349. The molecular weight excluding hydrogens is 390 g/mol. The molecule has 0 fully saturated rings. The number of rotatable bonds is 4. The molecule has 0 amide bonds. The van der Waals surface area contributed by atoms with Crippen LogP contribution in [0.3, 0.4) is 0 Å². The maximum atomic E-state index is 11.2. The highest BCUT2D eigenvalue weighted by Gasteiger charge is 2.15. The summed E-state index contributed by atoms with van der Waals surface area (Å²) in [6.45, 7) is 7.94. The minimum atomic E-state index is -0.405. The fourth-order valence-electron chi connectivity index (χ4n) is 3.78. The number of aryl methyl sites for hydroxylation is 3. The fraction of sp³-hybridized carbons (Fsp3) is 0.167. The van der Waals surface area contributed by atoms with Gasteiger partial charge in [-0.15, -0.1) is 0 Å². The maximum absolute atomic E-state index is 11.2. The van der Waals surface area contributed by atoms with Crippen molar-refractivity contribution in [2.45, 2.75) is 27.7 Å². The average molecular weight is 411 g/mol. The molecule has 0 atom stereocenters. The van der Waals surface area contributed by atoms with Crippen molar-refractivity contribution in [1.29, 1.82) is 5.26 Å². The van der Waals surface area contributed by atoms with Crippen LogP contribution in [-0.4, -0.2) is 19.5 Å². The molecule has 0 bridgehead atoms. The third-order valence-electron chi connectivity index (χ3n) is 5.54. The zero-order valence-electron chi connectivity index (χ0n) is 17.7. The van der Waals surface area contributed by atoms with Crippen LogP contribution in [0.4, 0.5) is 5.69 Å². The van der Waals surface area contributed by atoms with E-state index in [9.17, 15) is 15.4 Å². The summed E-state index contributed by atoms with van der Waals surface area (Å²) in [7, 11) is 0. The third kappa shape index (κ3) is 3.60. The van der Waals surface area contributed by atoms with Crippen molar-refractivity contribution in [3.05, 3.63) is 86.5 Å². The van der Waals surface area contributed by atoms with E-state index < -0.39 is 4.92 Å². The molecule has 0 spiro atoms. The summed E-state index contributed by atoms with van der Waals surface area (Å²) in [6.07, 6.45) is 1.80. The first-order chi connectivity index (χ1) is 14.8. The Hall–Kier alpha value is -4.18. The minimum Gasteiger partial charge on any atom is -0.337 e. The summed E-state index contributed by atoms with van der Waals surface area (Å²) in [6, 6.07) is 14.8. The lowest BCUT2D eigenvalue weighted by Gasteiger charge is -2.09. The molecule has 0 aliphatic carbocycles. The Morgan fingerprint density at radius 3 is 2.61 bits per heavy atom. The van der Waals surface area contributed by atoms with E-state index in [0.29, 0.717) is 17.1 Å². The summed E-state index contributed by atoms with van der Waals surface area (Å²) in [5.74, 6) is 0.516. The number of hydrogen-bond donors (Lipinski definition) is 1. The number of non-ortho nitro benzene ring substituents is 1. The van der Waals surface area contributed by atoms with Crippen molar-refractivity contribution in [1.82, 2.24) is 14.5 Å². The Balaban J connectivity index is 1.80. The van der Waals surface area contributed by atoms with Gasteiger partial charge in [0.25, 0.3) is 5.69 Å². The maximum Gasteiger partial charge on any atom is 0.271 e. The zero-order valence-corrected chi connectivity index (χ0v) is 17.7. The van der Waals surface area contributed by atoms with E-state index >= 15 is 0 Å². The second-order valence-electron chi connectivity index (χ2n) is 7.65. The zero-order chi connectivity index (χ0) is 22.3. The normalized spacial score (nSPS) is 11.6. The van der Waals surface area contributed by atoms with Crippen LogP contribution < -0.4 is 0 Å². The van der Waals surface area contributed by atoms with E-state index in [0.717, 1.165) is 39.1 Å². The van der Waals surface area contributed by atoms with Gasteiger partial charge in [-0.2, -0.15) is 5.26 Å². The number of aromatic nitrogens is 3. The van der Waals surface area contributed by atoms with Gasteiger partial charge in [-0.1, -0.05) is 6.07 Å². The highest BCUT2D eigenvalue weighted by Crippen LogP contribution is 2.27. The van der Waals surface area contributed by atoms with Crippen molar-refractivity contribution in [3.63, 3.8) is 0 Å². The largest absolute Gasteiger partial charge is 0.337 e. The number of nitrogens with one attached hydrogen (secondary N) is 1. The fourth-order valence-corrected chi connectivity index (χ4v) is 3.78. The topological polar surface area (TPSA) is 101 Å². The van der Waals surface area contributed by atoms with Gasteiger partial charge in [-0.25, -0.2) is 4.98 Å². The number of nitro groups is 1. The van der Waals surface area contributed by atoms with E-state index in [4.69, 9.17) is 0 Å². The number of H-pyrrole nitrogens is 1. The predicted molar refractivity (Wildman–Crippen MR) is 121 cm³/mol. The standard InChI is InChI=1S/C24H21N5O2/c1-14-8-22-23(9-15(14)2)27-24(26-22)19(13-25)11-18-10-16(3)28(17(18)4)20-6-5-7-21(12-20)29(30)31/h5-12H,1-4H3,(H,26,27)/b19-11-. The number of benzene rings is 2. The van der Waals surface area contributed by atoms with Gasteiger partial charge in [0.15, 0.2) is 0 Å². The summed E-state index contributed by atoms with van der Waals surface area (Å²) in [5, 5.41) is 21.0. The highest BCUT2D eigenvalue weighted by molar-refractivity contribution is 5.91. The van der Waals surface area contributed by atoms with Crippen molar-refractivity contribution < 1.29 is 4.92 Å². The van der Waals surface area contributed by atoms with E-state index in [1.54, 1.807) is 18.2 Å². The van der Waals surface area contributed by atoms with Gasteiger partial charge >= 0.3 is 0 Å². The number of aromatic amines is 1. The third-order valence-corrected chi connectivity index (χ3v) is 5.54. The van der Waals surface area contributed by atoms with E-state index in [1.165, 1.54) is 6.07 Å². The number of allylic oxidation sites excluding steroid dienone is 1. The van der Waals surface area contributed by atoms with Crippen LogP contribution in [0.25, 0.3) is 28.4 Å². The molecule has 154 valence electrons. The van der Waals surface area contributed by atoms with Crippen LogP contribution in [0, 0.1) is 49.1 Å². The van der Waals surface area contributed by atoms with Crippen molar-refractivity contribution in [2.75, 3.05) is 0 Å². The lowest BCUT2D eigenvalue weighted by Crippen LogP contribution is -2.00. The van der Waals surface area contributed by atoms with Gasteiger partial charge in [-0.05, 0) is 74.7 Å². The lowest BCUT2D eigenvalue weighted by molar-refractivity contribution is -0.384. The quantitative estimate of drug-likeness (QED) is 0.270. The van der Waals surface area contributed by atoms with Crippen molar-refractivity contribution in [3.8, 4) is 11.8 Å². The van der Waals surface area contributed by atoms with Crippen LogP contribution in [0.15, 0.2) is 42.5 Å². The van der Waals surface area contributed by atoms with E-state index in [-0.39, 0.29) is 5.69 Å². The Labute approximate surface area is 179 Å². The summed E-state index contributed by atoms with van der Waals surface area (Å²) < 4.78 is 1.94. The second-order valence-corrected chi connectivity index (χ2v) is 7.65. The van der Waals surface area contributed by atoms with Gasteiger partial charge in [0.05, 0.1) is 27.2 Å². The Morgan fingerprint density at radius 2 is 1.90 bits per heavy atom. The van der Waals surface area contributed by atoms with E-state index in [2.05, 4.69) is 16.0 Å². The van der Waals surface area contributed by atoms with Crippen molar-refractivity contribution >= 4 is 28.4 Å². The summed E-state index contributed by atoms with van der Waals surface area (Å²) in [5.41, 5.74) is 7.83. The first-order valence-electron chi connectivity index (χ1n) is 9.81. The number of nitro benzene ring substituents is 1. The first kappa shape index (κ1) is 20.1. The SMILES string of the molecule is Cc1cc2nc(/C(C#N)=C\c3cc(C)n(-c4cccc([N+](=O)[O-])c4)c3C)[nH]c2cc1C. The molecule has 7 nitrogen and oxygen atoms in total. The molecule has 31 heavy (non-hydrogen) atoms. The molecule has 2 aromatic carbocycles. The smallest absolute Gasteiger partial charge is 0.271 e. The molecular formula is C24H21N5O2. The van der Waals surface area contributed by atoms with Crippen LogP contribution in [0.2, 0.25) is 0 Å². The molecule has 2 aromatic heterocycles. The molecule has 0 aliphatic rings. The summed E-state index contributed by atoms with van der Waals surface area (Å²) >= 11 is 0. The number of hydrogen-bond acceptors (Lipinski definition) is 4. The Kier molecular flexibility index (Phi) is 4.91. The molecule has 0 unspecified atom stereocenters. The van der Waals surface area contributed by atoms with E-state index in [1.807, 2.05) is 56.5 Å². The lowest BCUT2D eigenvalue weighted by atomic mass is 10.1. The molecule has 0 radical (unpaired) electrons. The molecule has 0 saturated carbocycles. The molecule has 4 rings (SSSR count). The number of imidazole rings is 1. The second kappa shape index (κ2) is 7.58. The number of nitriles is 1. The van der Waals surface area contributed by atoms with Gasteiger partial charge in [0.2, 0.25) is 0 Å². The molecule has 7 heteroatoms. The molecule has 0 aliphatic heterocycles. The van der Waals surface area contributed by atoms with Gasteiger partial charge in [0, 0.05) is 23.5 Å². The molecule has 4 aromatic rings. The first-order valence-corrected chi connectivity index (χ1v) is 9.81. The molecule has 2 heterocycles. The van der Waals surface area contributed by atoms with Crippen LogP contribution in [0.5, 0.6) is 0 Å². The van der Waals surface area contributed by atoms with Crippen molar-refractivity contribution in [2.24, 2.45) is 0 Å². The van der Waals surface area contributed by atoms with Gasteiger partial charge in [0.1, 0.15) is 11.9 Å². The van der Waals surface area contributed by atoms with Crippen LogP contribution in [0.1, 0.15) is 33.9 Å².